The quantitative estimate of drug-likeness (QED) is 0.765. The molecule has 21 heavy (non-hydrogen) atoms. The predicted octanol–water partition coefficient (Wildman–Crippen LogP) is 2.52. The van der Waals surface area contributed by atoms with Crippen molar-refractivity contribution >= 4 is 23.2 Å². The Balaban J connectivity index is 1.94. The summed E-state index contributed by atoms with van der Waals surface area (Å²) in [4.78, 5) is 10.6. The fourth-order valence-electron chi connectivity index (χ4n) is 1.72. The second-order valence-corrected chi connectivity index (χ2v) is 4.79. The molecule has 0 saturated heterocycles. The summed E-state index contributed by atoms with van der Waals surface area (Å²) < 4.78 is 5.16. The molecule has 0 saturated carbocycles. The number of aromatic hydroxyl groups is 1. The van der Waals surface area contributed by atoms with Gasteiger partial charge in [-0.15, -0.1) is 0 Å². The topological polar surface area (TPSA) is 84.6 Å². The van der Waals surface area contributed by atoms with Gasteiger partial charge in [0.25, 0.3) is 5.91 Å². The Morgan fingerprint density at radius 3 is 2.62 bits per heavy atom. The Bertz CT molecular complexity index is 629. The molecule has 0 aliphatic carbocycles. The molecule has 2 aromatic rings. The normalized spacial score (nSPS) is 10.1. The number of anilines is 1. The fraction of sp³-hybridized carbons (Fsp3) is 0.133. The van der Waals surface area contributed by atoms with Gasteiger partial charge < -0.3 is 20.9 Å². The largest absolute Gasteiger partial charge is 0.506 e. The fourth-order valence-corrected chi connectivity index (χ4v) is 1.92. The maximum Gasteiger partial charge on any atom is 0.255 e. The van der Waals surface area contributed by atoms with E-state index in [1.165, 1.54) is 0 Å². The lowest BCUT2D eigenvalue weighted by molar-refractivity contribution is -0.119. The van der Waals surface area contributed by atoms with Gasteiger partial charge in [-0.2, -0.15) is 0 Å². The first-order valence-electron chi connectivity index (χ1n) is 6.27. The van der Waals surface area contributed by atoms with Crippen molar-refractivity contribution in [2.75, 3.05) is 11.9 Å². The highest BCUT2D eigenvalue weighted by Gasteiger charge is 2.05. The lowest BCUT2D eigenvalue weighted by Crippen LogP contribution is -2.19. The molecule has 0 aromatic heterocycles. The Labute approximate surface area is 127 Å². The summed E-state index contributed by atoms with van der Waals surface area (Å²) >= 11 is 5.84. The molecule has 0 bridgehead atoms. The van der Waals surface area contributed by atoms with Crippen LogP contribution in [-0.4, -0.2) is 17.6 Å². The highest BCUT2D eigenvalue weighted by molar-refractivity contribution is 6.32. The molecule has 0 aliphatic heterocycles. The van der Waals surface area contributed by atoms with Crippen molar-refractivity contribution in [2.24, 2.45) is 5.73 Å². The predicted molar refractivity (Wildman–Crippen MR) is 81.6 cm³/mol. The van der Waals surface area contributed by atoms with E-state index in [9.17, 15) is 9.90 Å². The number of hydrogen-bond acceptors (Lipinski definition) is 4. The number of halogens is 1. The minimum atomic E-state index is -0.520. The van der Waals surface area contributed by atoms with Crippen LogP contribution in [-0.2, 0) is 11.3 Å². The SMILES string of the molecule is NC(=O)COc1ccc(NCc2cccc(Cl)c2O)cc1. The number of phenolic OH excluding ortho intramolecular Hbond substituents is 1. The number of nitrogens with two attached hydrogens (primary N) is 1. The molecule has 0 aliphatic rings. The molecule has 0 radical (unpaired) electrons. The van der Waals surface area contributed by atoms with E-state index in [0.29, 0.717) is 22.9 Å². The third-order valence-corrected chi connectivity index (χ3v) is 3.09. The number of para-hydroxylation sites is 1. The van der Waals surface area contributed by atoms with Crippen LogP contribution in [0.2, 0.25) is 5.02 Å². The van der Waals surface area contributed by atoms with Gasteiger partial charge in [-0.3, -0.25) is 4.79 Å². The number of nitrogens with one attached hydrogen (secondary N) is 1. The monoisotopic (exact) mass is 306 g/mol. The van der Waals surface area contributed by atoms with Crippen molar-refractivity contribution in [1.82, 2.24) is 0 Å². The molecule has 0 heterocycles. The zero-order valence-corrected chi connectivity index (χ0v) is 11.9. The molecule has 110 valence electrons. The molecule has 1 amide bonds. The van der Waals surface area contributed by atoms with E-state index in [1.807, 2.05) is 0 Å². The van der Waals surface area contributed by atoms with Gasteiger partial charge in [-0.1, -0.05) is 23.7 Å². The van der Waals surface area contributed by atoms with Gasteiger partial charge in [0, 0.05) is 17.8 Å². The Hall–Kier alpha value is -2.40. The van der Waals surface area contributed by atoms with Crippen LogP contribution in [0.1, 0.15) is 5.56 Å². The Morgan fingerprint density at radius 2 is 1.95 bits per heavy atom. The lowest BCUT2D eigenvalue weighted by Gasteiger charge is -2.10. The smallest absolute Gasteiger partial charge is 0.255 e. The summed E-state index contributed by atoms with van der Waals surface area (Å²) in [6.07, 6.45) is 0. The highest BCUT2D eigenvalue weighted by Crippen LogP contribution is 2.27. The average Bonchev–Trinajstić information content (AvgIpc) is 2.48. The van der Waals surface area contributed by atoms with Gasteiger partial charge in [0.2, 0.25) is 0 Å². The molecule has 0 fully saturated rings. The molecule has 0 unspecified atom stereocenters. The van der Waals surface area contributed by atoms with Crippen LogP contribution in [0.15, 0.2) is 42.5 Å². The lowest BCUT2D eigenvalue weighted by atomic mass is 10.2. The second kappa shape index (κ2) is 6.85. The molecule has 0 spiro atoms. The van der Waals surface area contributed by atoms with Crippen LogP contribution in [0.3, 0.4) is 0 Å². The number of benzene rings is 2. The first kappa shape index (κ1) is 15.0. The van der Waals surface area contributed by atoms with Crippen molar-refractivity contribution in [3.63, 3.8) is 0 Å². The van der Waals surface area contributed by atoms with Gasteiger partial charge in [-0.25, -0.2) is 0 Å². The van der Waals surface area contributed by atoms with Crippen molar-refractivity contribution in [1.29, 1.82) is 0 Å². The first-order valence-corrected chi connectivity index (χ1v) is 6.65. The van der Waals surface area contributed by atoms with Crippen LogP contribution in [0, 0.1) is 0 Å². The number of phenols is 1. The second-order valence-electron chi connectivity index (χ2n) is 4.38. The zero-order chi connectivity index (χ0) is 15.2. The van der Waals surface area contributed by atoms with Gasteiger partial charge in [0.05, 0.1) is 5.02 Å². The van der Waals surface area contributed by atoms with E-state index in [2.05, 4.69) is 5.32 Å². The first-order chi connectivity index (χ1) is 10.1. The minimum Gasteiger partial charge on any atom is -0.506 e. The maximum atomic E-state index is 10.6. The molecular formula is C15H15ClN2O3. The summed E-state index contributed by atoms with van der Waals surface area (Å²) in [6, 6.07) is 12.3. The van der Waals surface area contributed by atoms with Gasteiger partial charge in [-0.05, 0) is 30.3 Å². The summed E-state index contributed by atoms with van der Waals surface area (Å²) in [5, 5.41) is 13.3. The van der Waals surface area contributed by atoms with Crippen LogP contribution >= 0.6 is 11.6 Å². The number of ether oxygens (including phenoxy) is 1. The van der Waals surface area contributed by atoms with Crippen molar-refractivity contribution in [3.8, 4) is 11.5 Å². The number of hydrogen-bond donors (Lipinski definition) is 3. The Morgan fingerprint density at radius 1 is 1.24 bits per heavy atom. The highest BCUT2D eigenvalue weighted by atomic mass is 35.5. The van der Waals surface area contributed by atoms with Crippen molar-refractivity contribution in [2.45, 2.75) is 6.54 Å². The molecule has 0 atom stereocenters. The summed E-state index contributed by atoms with van der Waals surface area (Å²) in [6.45, 7) is 0.289. The van der Waals surface area contributed by atoms with E-state index in [4.69, 9.17) is 22.1 Å². The third kappa shape index (κ3) is 4.29. The van der Waals surface area contributed by atoms with Crippen LogP contribution < -0.4 is 15.8 Å². The Kier molecular flexibility index (Phi) is 4.90. The van der Waals surface area contributed by atoms with Crippen LogP contribution in [0.4, 0.5) is 5.69 Å². The summed E-state index contributed by atoms with van der Waals surface area (Å²) in [5.41, 5.74) is 6.55. The van der Waals surface area contributed by atoms with E-state index in [-0.39, 0.29) is 12.4 Å². The van der Waals surface area contributed by atoms with Gasteiger partial charge >= 0.3 is 0 Å². The van der Waals surface area contributed by atoms with E-state index in [1.54, 1.807) is 42.5 Å². The van der Waals surface area contributed by atoms with E-state index < -0.39 is 5.91 Å². The standard InChI is InChI=1S/C15H15ClN2O3/c16-13-3-1-2-10(15(13)20)8-18-11-4-6-12(7-5-11)21-9-14(17)19/h1-7,18,20H,8-9H2,(H2,17,19). The zero-order valence-electron chi connectivity index (χ0n) is 11.2. The molecule has 2 aromatic carbocycles. The van der Waals surface area contributed by atoms with Gasteiger partial charge in [0.1, 0.15) is 11.5 Å². The van der Waals surface area contributed by atoms with E-state index >= 15 is 0 Å². The number of primary amides is 1. The summed E-state index contributed by atoms with van der Waals surface area (Å²) in [5.74, 6) is 0.117. The molecule has 2 rings (SSSR count). The molecule has 6 heteroatoms. The van der Waals surface area contributed by atoms with Crippen LogP contribution in [0.5, 0.6) is 11.5 Å². The average molecular weight is 307 g/mol. The number of carbonyl (C=O) groups is 1. The van der Waals surface area contributed by atoms with Gasteiger partial charge in [0.15, 0.2) is 6.61 Å². The van der Waals surface area contributed by atoms with Crippen LogP contribution in [0.25, 0.3) is 0 Å². The number of carbonyl (C=O) groups excluding carboxylic acids is 1. The summed E-state index contributed by atoms with van der Waals surface area (Å²) in [7, 11) is 0. The molecule has 5 nitrogen and oxygen atoms in total. The van der Waals surface area contributed by atoms with Crippen molar-refractivity contribution in [3.05, 3.63) is 53.1 Å². The molecular weight excluding hydrogens is 292 g/mol. The number of amides is 1. The third-order valence-electron chi connectivity index (χ3n) is 2.79. The maximum absolute atomic E-state index is 10.6. The van der Waals surface area contributed by atoms with Crippen molar-refractivity contribution < 1.29 is 14.6 Å². The van der Waals surface area contributed by atoms with E-state index in [0.717, 1.165) is 5.69 Å². The minimum absolute atomic E-state index is 0.0769. The number of rotatable bonds is 6. The molecule has 4 N–H and O–H groups in total.